The van der Waals surface area contributed by atoms with E-state index in [1.54, 1.807) is 29.8 Å². The summed E-state index contributed by atoms with van der Waals surface area (Å²) in [5.41, 5.74) is 3.04. The Morgan fingerprint density at radius 1 is 1.06 bits per heavy atom. The predicted octanol–water partition coefficient (Wildman–Crippen LogP) is 4.15. The summed E-state index contributed by atoms with van der Waals surface area (Å²) in [6.45, 7) is 8.29. The highest BCUT2D eigenvalue weighted by Gasteiger charge is 2.20. The van der Waals surface area contributed by atoms with E-state index < -0.39 is 0 Å². The van der Waals surface area contributed by atoms with Crippen LogP contribution in [0.5, 0.6) is 0 Å². The van der Waals surface area contributed by atoms with Crippen molar-refractivity contribution in [1.29, 1.82) is 0 Å². The van der Waals surface area contributed by atoms with Gasteiger partial charge in [-0.2, -0.15) is 0 Å². The predicted molar refractivity (Wildman–Crippen MR) is 141 cm³/mol. The van der Waals surface area contributed by atoms with E-state index in [9.17, 15) is 4.79 Å². The molecule has 0 amide bonds. The van der Waals surface area contributed by atoms with Crippen LogP contribution in [-0.2, 0) is 6.42 Å². The molecule has 0 bridgehead atoms. The first-order valence-corrected chi connectivity index (χ1v) is 12.7. The van der Waals surface area contributed by atoms with Crippen LogP contribution >= 0.6 is 11.3 Å². The van der Waals surface area contributed by atoms with Gasteiger partial charge in [0.1, 0.15) is 5.82 Å². The number of fused-ring (bicyclic) bond motifs is 1. The second-order valence-corrected chi connectivity index (χ2v) is 9.99. The number of pyridine rings is 3. The van der Waals surface area contributed by atoms with Crippen molar-refractivity contribution in [2.45, 2.75) is 26.3 Å². The lowest BCUT2D eigenvalue weighted by Gasteiger charge is -2.37. The number of hydrogen-bond acceptors (Lipinski definition) is 9. The van der Waals surface area contributed by atoms with Gasteiger partial charge in [0, 0.05) is 68.8 Å². The number of nitrogens with zero attached hydrogens (tertiary/aromatic N) is 6. The number of piperazine rings is 1. The summed E-state index contributed by atoms with van der Waals surface area (Å²) in [5.74, 6) is 0.890. The smallest absolute Gasteiger partial charge is 0.182 e. The molecule has 0 atom stereocenters. The first kappa shape index (κ1) is 23.3. The van der Waals surface area contributed by atoms with E-state index in [-0.39, 0.29) is 12.2 Å². The molecule has 1 saturated heterocycles. The highest BCUT2D eigenvalue weighted by molar-refractivity contribution is 7.18. The fourth-order valence-corrected chi connectivity index (χ4v) is 5.04. The van der Waals surface area contributed by atoms with Crippen LogP contribution in [-0.4, -0.2) is 69.9 Å². The minimum Gasteiger partial charge on any atom is -0.365 e. The second kappa shape index (κ2) is 10.1. The molecule has 0 saturated carbocycles. The van der Waals surface area contributed by atoms with Gasteiger partial charge < -0.3 is 10.2 Å². The zero-order chi connectivity index (χ0) is 24.4. The summed E-state index contributed by atoms with van der Waals surface area (Å²) in [4.78, 5) is 37.0. The van der Waals surface area contributed by atoms with Crippen LogP contribution in [0.2, 0.25) is 0 Å². The van der Waals surface area contributed by atoms with Crippen molar-refractivity contribution in [3.8, 4) is 10.6 Å². The van der Waals surface area contributed by atoms with Gasteiger partial charge in [0.05, 0.1) is 28.2 Å². The third kappa shape index (κ3) is 5.16. The number of rotatable bonds is 7. The number of ketones is 1. The van der Waals surface area contributed by atoms with E-state index in [0.717, 1.165) is 58.6 Å². The number of carbonyl (C=O) groups is 1. The Hall–Kier alpha value is -3.43. The zero-order valence-electron chi connectivity index (χ0n) is 20.2. The van der Waals surface area contributed by atoms with Crippen LogP contribution in [0.1, 0.15) is 29.9 Å². The minimum atomic E-state index is 0.0265. The van der Waals surface area contributed by atoms with Gasteiger partial charge in [0.2, 0.25) is 0 Å². The first-order chi connectivity index (χ1) is 17.0. The normalized spacial score (nSPS) is 14.6. The summed E-state index contributed by atoms with van der Waals surface area (Å²) >= 11 is 1.55. The number of aromatic nitrogens is 4. The number of anilines is 2. The molecule has 0 spiro atoms. The quantitative estimate of drug-likeness (QED) is 0.389. The molecule has 0 unspecified atom stereocenters. The molecule has 0 aliphatic carbocycles. The maximum atomic E-state index is 13.1. The van der Waals surface area contributed by atoms with Crippen LogP contribution in [0, 0.1) is 0 Å². The number of hydrogen-bond donors (Lipinski definition) is 1. The van der Waals surface area contributed by atoms with Crippen molar-refractivity contribution >= 4 is 39.0 Å². The summed E-state index contributed by atoms with van der Waals surface area (Å²) in [6, 6.07) is 10.1. The molecule has 180 valence electrons. The molecular formula is C26H29N7OS. The largest absolute Gasteiger partial charge is 0.365 e. The van der Waals surface area contributed by atoms with E-state index in [2.05, 4.69) is 43.9 Å². The Labute approximate surface area is 209 Å². The Balaban J connectivity index is 1.31. The Morgan fingerprint density at radius 3 is 2.63 bits per heavy atom. The number of Topliss-reactive ketones (excluding diaryl/α,β-unsaturated/α-hetero) is 1. The topological polar surface area (TPSA) is 87.1 Å². The van der Waals surface area contributed by atoms with Gasteiger partial charge in [-0.1, -0.05) is 11.3 Å². The standard InChI is InChI=1S/C26H29N7OS/c1-17(2)32-8-10-33(11-9-32)25-12-18(6-7-28-25)23(34)14-20-13-22-19(15-29-20)4-5-21(31-22)24-16-30-26(27-3)35-24/h4-7,12-13,15-17H,8-11,14H2,1-3H3,(H,27,30). The fraction of sp³-hybridized carbons (Fsp3) is 0.346. The van der Waals surface area contributed by atoms with Crippen molar-refractivity contribution in [3.63, 3.8) is 0 Å². The third-order valence-electron chi connectivity index (χ3n) is 6.38. The summed E-state index contributed by atoms with van der Waals surface area (Å²) in [7, 11) is 1.85. The molecule has 1 aliphatic heterocycles. The number of thiazole rings is 1. The molecule has 8 nitrogen and oxygen atoms in total. The molecule has 0 radical (unpaired) electrons. The van der Waals surface area contributed by atoms with Crippen molar-refractivity contribution < 1.29 is 4.79 Å². The molecule has 1 fully saturated rings. The number of carbonyl (C=O) groups excluding carboxylic acids is 1. The molecule has 4 aromatic heterocycles. The van der Waals surface area contributed by atoms with Crippen molar-refractivity contribution in [1.82, 2.24) is 24.8 Å². The van der Waals surface area contributed by atoms with Gasteiger partial charge in [-0.25, -0.2) is 15.0 Å². The van der Waals surface area contributed by atoms with Gasteiger partial charge in [-0.15, -0.1) is 0 Å². The molecule has 35 heavy (non-hydrogen) atoms. The Kier molecular flexibility index (Phi) is 6.70. The third-order valence-corrected chi connectivity index (χ3v) is 7.42. The van der Waals surface area contributed by atoms with Gasteiger partial charge in [-0.3, -0.25) is 14.7 Å². The Bertz CT molecular complexity index is 1340. The lowest BCUT2D eigenvalue weighted by Crippen LogP contribution is -2.49. The molecule has 5 rings (SSSR count). The highest BCUT2D eigenvalue weighted by atomic mass is 32.1. The molecule has 1 aliphatic rings. The average molecular weight is 488 g/mol. The van der Waals surface area contributed by atoms with Crippen LogP contribution in [0.3, 0.4) is 0 Å². The van der Waals surface area contributed by atoms with Crippen molar-refractivity contribution in [2.75, 3.05) is 43.4 Å². The van der Waals surface area contributed by atoms with E-state index in [0.29, 0.717) is 17.3 Å². The highest BCUT2D eigenvalue weighted by Crippen LogP contribution is 2.28. The molecule has 1 N–H and O–H groups in total. The molecule has 4 aromatic rings. The second-order valence-electron chi connectivity index (χ2n) is 8.96. The summed E-state index contributed by atoms with van der Waals surface area (Å²) in [6.07, 6.45) is 5.55. The van der Waals surface area contributed by atoms with E-state index in [1.165, 1.54) is 0 Å². The molecule has 0 aromatic carbocycles. The van der Waals surface area contributed by atoms with E-state index in [4.69, 9.17) is 4.98 Å². The fourth-order valence-electron chi connectivity index (χ4n) is 4.30. The van der Waals surface area contributed by atoms with Gasteiger partial charge >= 0.3 is 0 Å². The summed E-state index contributed by atoms with van der Waals surface area (Å²) in [5, 5.41) is 4.84. The van der Waals surface area contributed by atoms with Gasteiger partial charge in [0.15, 0.2) is 10.9 Å². The van der Waals surface area contributed by atoms with Crippen LogP contribution in [0.4, 0.5) is 10.9 Å². The summed E-state index contributed by atoms with van der Waals surface area (Å²) < 4.78 is 0. The lowest BCUT2D eigenvalue weighted by atomic mass is 10.1. The maximum absolute atomic E-state index is 13.1. The van der Waals surface area contributed by atoms with Gasteiger partial charge in [-0.05, 0) is 44.2 Å². The van der Waals surface area contributed by atoms with Crippen molar-refractivity contribution in [3.05, 3.63) is 60.2 Å². The van der Waals surface area contributed by atoms with Crippen LogP contribution in [0.25, 0.3) is 21.5 Å². The van der Waals surface area contributed by atoms with E-state index >= 15 is 0 Å². The lowest BCUT2D eigenvalue weighted by molar-refractivity contribution is 0.0992. The zero-order valence-corrected chi connectivity index (χ0v) is 21.0. The van der Waals surface area contributed by atoms with Crippen LogP contribution < -0.4 is 10.2 Å². The van der Waals surface area contributed by atoms with E-state index in [1.807, 2.05) is 37.5 Å². The molecule has 5 heterocycles. The van der Waals surface area contributed by atoms with Crippen LogP contribution in [0.15, 0.2) is 48.9 Å². The average Bonchev–Trinajstić information content (AvgIpc) is 3.38. The SMILES string of the molecule is CNc1ncc(-c2ccc3cnc(CC(=O)c4ccnc(N5CCN(C(C)C)CC5)c4)cc3n2)s1. The first-order valence-electron chi connectivity index (χ1n) is 11.9. The maximum Gasteiger partial charge on any atom is 0.182 e. The molecular weight excluding hydrogens is 458 g/mol. The Morgan fingerprint density at radius 2 is 1.89 bits per heavy atom. The van der Waals surface area contributed by atoms with Crippen molar-refractivity contribution in [2.24, 2.45) is 0 Å². The number of nitrogens with one attached hydrogen (secondary N) is 1. The minimum absolute atomic E-state index is 0.0265. The monoisotopic (exact) mass is 487 g/mol. The van der Waals surface area contributed by atoms with Gasteiger partial charge in [0.25, 0.3) is 0 Å². The molecule has 9 heteroatoms.